The molecular formula is C12H19N3O3S. The number of nitrogens with zero attached hydrogens (tertiary/aromatic N) is 1. The number of rotatable bonds is 7. The maximum atomic E-state index is 11.5. The summed E-state index contributed by atoms with van der Waals surface area (Å²) in [4.78, 5) is 15.6. The average Bonchev–Trinajstić information content (AvgIpc) is 2.39. The molecule has 1 aromatic rings. The highest BCUT2D eigenvalue weighted by Crippen LogP contribution is 2.05. The first kappa shape index (κ1) is 15.4. The molecule has 0 aromatic carbocycles. The van der Waals surface area contributed by atoms with Crippen molar-refractivity contribution in [1.29, 1.82) is 0 Å². The fourth-order valence-corrected chi connectivity index (χ4v) is 2.08. The van der Waals surface area contributed by atoms with E-state index in [0.717, 1.165) is 0 Å². The maximum Gasteiger partial charge on any atom is 0.252 e. The molecule has 7 heteroatoms. The number of hydrogen-bond donors (Lipinski definition) is 2. The Hall–Kier alpha value is -1.63. The standard InChI is InChI=1S/C12H19N3O3S/c1-3-13-12(16)10-5-6-11(15-9-10)14-7-8-19(17,18)4-2/h5-6,9H,3-4,7-8H2,1-2H3,(H,13,16)(H,14,15). The van der Waals surface area contributed by atoms with E-state index in [1.54, 1.807) is 19.1 Å². The Morgan fingerprint density at radius 2 is 2.05 bits per heavy atom. The average molecular weight is 285 g/mol. The Morgan fingerprint density at radius 1 is 1.32 bits per heavy atom. The topological polar surface area (TPSA) is 88.2 Å². The minimum Gasteiger partial charge on any atom is -0.369 e. The zero-order valence-corrected chi connectivity index (χ0v) is 12.0. The van der Waals surface area contributed by atoms with E-state index in [1.165, 1.54) is 6.20 Å². The molecule has 0 bridgehead atoms. The number of hydrogen-bond acceptors (Lipinski definition) is 5. The lowest BCUT2D eigenvalue weighted by atomic mass is 10.2. The highest BCUT2D eigenvalue weighted by molar-refractivity contribution is 7.91. The molecular weight excluding hydrogens is 266 g/mol. The predicted octanol–water partition coefficient (Wildman–Crippen LogP) is 0.678. The first-order valence-electron chi connectivity index (χ1n) is 6.17. The van der Waals surface area contributed by atoms with Gasteiger partial charge in [0.1, 0.15) is 5.82 Å². The van der Waals surface area contributed by atoms with Crippen LogP contribution in [0.1, 0.15) is 24.2 Å². The molecule has 2 N–H and O–H groups in total. The molecule has 19 heavy (non-hydrogen) atoms. The fourth-order valence-electron chi connectivity index (χ4n) is 1.37. The number of pyridine rings is 1. The van der Waals surface area contributed by atoms with Crippen LogP contribution < -0.4 is 10.6 Å². The van der Waals surface area contributed by atoms with E-state index < -0.39 is 9.84 Å². The summed E-state index contributed by atoms with van der Waals surface area (Å²) in [6.45, 7) is 4.33. The lowest BCUT2D eigenvalue weighted by molar-refractivity contribution is 0.0955. The normalized spacial score (nSPS) is 11.1. The highest BCUT2D eigenvalue weighted by Gasteiger charge is 2.07. The molecule has 0 radical (unpaired) electrons. The van der Waals surface area contributed by atoms with Crippen LogP contribution in [0.15, 0.2) is 18.3 Å². The third-order valence-electron chi connectivity index (χ3n) is 2.52. The molecule has 0 unspecified atom stereocenters. The summed E-state index contributed by atoms with van der Waals surface area (Å²) in [6.07, 6.45) is 1.46. The van der Waals surface area contributed by atoms with Crippen molar-refractivity contribution in [3.8, 4) is 0 Å². The van der Waals surface area contributed by atoms with Gasteiger partial charge in [0.2, 0.25) is 0 Å². The molecule has 0 aliphatic heterocycles. The van der Waals surface area contributed by atoms with E-state index in [1.807, 2.05) is 6.92 Å². The number of carbonyl (C=O) groups excluding carboxylic acids is 1. The van der Waals surface area contributed by atoms with Gasteiger partial charge in [-0.3, -0.25) is 4.79 Å². The van der Waals surface area contributed by atoms with E-state index in [-0.39, 0.29) is 17.4 Å². The van der Waals surface area contributed by atoms with Crippen LogP contribution in [0.4, 0.5) is 5.82 Å². The van der Waals surface area contributed by atoms with Gasteiger partial charge in [-0.15, -0.1) is 0 Å². The monoisotopic (exact) mass is 285 g/mol. The number of aromatic nitrogens is 1. The number of anilines is 1. The van der Waals surface area contributed by atoms with Gasteiger partial charge in [-0.25, -0.2) is 13.4 Å². The molecule has 0 saturated carbocycles. The summed E-state index contributed by atoms with van der Waals surface area (Å²) in [5.41, 5.74) is 0.480. The third-order valence-corrected chi connectivity index (χ3v) is 4.23. The Labute approximate surface area is 113 Å². The van der Waals surface area contributed by atoms with Crippen molar-refractivity contribution in [2.45, 2.75) is 13.8 Å². The number of carbonyl (C=O) groups is 1. The molecule has 1 amide bonds. The maximum absolute atomic E-state index is 11.5. The Kier molecular flexibility index (Phi) is 5.75. The van der Waals surface area contributed by atoms with Crippen LogP contribution in [0.2, 0.25) is 0 Å². The lowest BCUT2D eigenvalue weighted by Gasteiger charge is -2.06. The lowest BCUT2D eigenvalue weighted by Crippen LogP contribution is -2.23. The molecule has 0 spiro atoms. The Bertz CT molecular complexity index is 512. The summed E-state index contributed by atoms with van der Waals surface area (Å²) in [5.74, 6) is 0.594. The van der Waals surface area contributed by atoms with Crippen LogP contribution in [-0.4, -0.2) is 43.9 Å². The van der Waals surface area contributed by atoms with Crippen LogP contribution in [-0.2, 0) is 9.84 Å². The Morgan fingerprint density at radius 3 is 2.58 bits per heavy atom. The van der Waals surface area contributed by atoms with E-state index in [0.29, 0.717) is 24.5 Å². The molecule has 0 aliphatic rings. The zero-order chi connectivity index (χ0) is 14.3. The van der Waals surface area contributed by atoms with Gasteiger partial charge in [-0.05, 0) is 19.1 Å². The van der Waals surface area contributed by atoms with Crippen LogP contribution >= 0.6 is 0 Å². The van der Waals surface area contributed by atoms with Crippen LogP contribution in [0.5, 0.6) is 0 Å². The van der Waals surface area contributed by atoms with Gasteiger partial charge in [0, 0.05) is 25.0 Å². The van der Waals surface area contributed by atoms with Crippen molar-refractivity contribution in [3.63, 3.8) is 0 Å². The number of amides is 1. The van der Waals surface area contributed by atoms with Gasteiger partial charge < -0.3 is 10.6 Å². The SMILES string of the molecule is CCNC(=O)c1ccc(NCCS(=O)(=O)CC)nc1. The molecule has 1 heterocycles. The van der Waals surface area contributed by atoms with Gasteiger partial charge in [0.05, 0.1) is 11.3 Å². The van der Waals surface area contributed by atoms with Crippen molar-refractivity contribution in [1.82, 2.24) is 10.3 Å². The van der Waals surface area contributed by atoms with Crippen LogP contribution in [0, 0.1) is 0 Å². The van der Waals surface area contributed by atoms with E-state index in [9.17, 15) is 13.2 Å². The first-order chi connectivity index (χ1) is 8.98. The third kappa shape index (κ3) is 5.25. The number of sulfone groups is 1. The summed E-state index contributed by atoms with van der Waals surface area (Å²) in [6, 6.07) is 3.30. The zero-order valence-electron chi connectivity index (χ0n) is 11.1. The molecule has 1 rings (SSSR count). The molecule has 0 fully saturated rings. The summed E-state index contributed by atoms with van der Waals surface area (Å²) in [7, 11) is -2.97. The van der Waals surface area contributed by atoms with E-state index >= 15 is 0 Å². The molecule has 0 saturated heterocycles. The summed E-state index contributed by atoms with van der Waals surface area (Å²) >= 11 is 0. The largest absolute Gasteiger partial charge is 0.369 e. The second-order valence-electron chi connectivity index (χ2n) is 3.95. The summed E-state index contributed by atoms with van der Waals surface area (Å²) < 4.78 is 22.6. The summed E-state index contributed by atoms with van der Waals surface area (Å²) in [5, 5.41) is 5.58. The van der Waals surface area contributed by atoms with Gasteiger partial charge >= 0.3 is 0 Å². The van der Waals surface area contributed by atoms with Gasteiger partial charge in [0.25, 0.3) is 5.91 Å². The number of nitrogens with one attached hydrogen (secondary N) is 2. The van der Waals surface area contributed by atoms with Gasteiger partial charge in [-0.1, -0.05) is 6.92 Å². The van der Waals surface area contributed by atoms with Gasteiger partial charge in [0.15, 0.2) is 9.84 Å². The van der Waals surface area contributed by atoms with Crippen molar-refractivity contribution in [2.75, 3.05) is 29.9 Å². The highest BCUT2D eigenvalue weighted by atomic mass is 32.2. The minimum absolute atomic E-state index is 0.0727. The van der Waals surface area contributed by atoms with E-state index in [4.69, 9.17) is 0 Å². The molecule has 0 atom stereocenters. The smallest absolute Gasteiger partial charge is 0.252 e. The van der Waals surface area contributed by atoms with Crippen molar-refractivity contribution < 1.29 is 13.2 Å². The quantitative estimate of drug-likeness (QED) is 0.769. The Balaban J connectivity index is 2.51. The second-order valence-corrected chi connectivity index (χ2v) is 6.43. The van der Waals surface area contributed by atoms with Crippen LogP contribution in [0.25, 0.3) is 0 Å². The molecule has 106 valence electrons. The molecule has 6 nitrogen and oxygen atoms in total. The van der Waals surface area contributed by atoms with Gasteiger partial charge in [-0.2, -0.15) is 0 Å². The second kappa shape index (κ2) is 7.08. The van der Waals surface area contributed by atoms with E-state index in [2.05, 4.69) is 15.6 Å². The van der Waals surface area contributed by atoms with Crippen molar-refractivity contribution in [2.24, 2.45) is 0 Å². The van der Waals surface area contributed by atoms with Crippen molar-refractivity contribution in [3.05, 3.63) is 23.9 Å². The molecule has 0 aliphatic carbocycles. The predicted molar refractivity (Wildman–Crippen MR) is 75.1 cm³/mol. The van der Waals surface area contributed by atoms with Crippen molar-refractivity contribution >= 4 is 21.6 Å². The first-order valence-corrected chi connectivity index (χ1v) is 7.99. The minimum atomic E-state index is -2.97. The molecule has 1 aromatic heterocycles. The van der Waals surface area contributed by atoms with Crippen LogP contribution in [0.3, 0.4) is 0 Å². The fraction of sp³-hybridized carbons (Fsp3) is 0.500.